The van der Waals surface area contributed by atoms with E-state index in [1.165, 1.54) is 0 Å². The molecule has 0 spiro atoms. The highest BCUT2D eigenvalue weighted by Crippen LogP contribution is 2.04. The van der Waals surface area contributed by atoms with Crippen LogP contribution >= 0.6 is 0 Å². The molecule has 47 valence electrons. The fourth-order valence-electron chi connectivity index (χ4n) is 0.558. The smallest absolute Gasteiger partial charge is 0.137 e. The van der Waals surface area contributed by atoms with Gasteiger partial charge in [0.05, 0.1) is 19.0 Å². The largest absolute Gasteiger partial charge is 0.492 e. The molecule has 0 saturated carbocycles. The highest BCUT2D eigenvalue weighted by molar-refractivity contribution is 5.14. The first-order chi connectivity index (χ1) is 4.43. The van der Waals surface area contributed by atoms with Crippen molar-refractivity contribution in [1.82, 2.24) is 4.98 Å². The van der Waals surface area contributed by atoms with Crippen LogP contribution in [-0.4, -0.2) is 11.6 Å². The normalized spacial score (nSPS) is 9.00. The Labute approximate surface area is 54.5 Å². The minimum atomic E-state index is 0.686. The molecule has 1 radical (unpaired) electrons. The predicted octanol–water partition coefficient (Wildman–Crippen LogP) is 1.28. The van der Waals surface area contributed by atoms with Crippen LogP contribution in [0.5, 0.6) is 5.75 Å². The molecule has 0 bridgehead atoms. The predicted molar refractivity (Wildman–Crippen MR) is 34.2 cm³/mol. The van der Waals surface area contributed by atoms with Crippen LogP contribution in [0.2, 0.25) is 0 Å². The van der Waals surface area contributed by atoms with Crippen LogP contribution in [-0.2, 0) is 0 Å². The molecule has 1 aromatic heterocycles. The standard InChI is InChI=1S/C7H8NO/c1-2-9-7-4-3-5-8-6-7/h3-4,6H,2H2,1H3. The van der Waals surface area contributed by atoms with Crippen molar-refractivity contribution < 1.29 is 4.74 Å². The molecule has 0 aliphatic heterocycles. The molecule has 0 N–H and O–H groups in total. The summed E-state index contributed by atoms with van der Waals surface area (Å²) in [5.41, 5.74) is 0. The lowest BCUT2D eigenvalue weighted by Crippen LogP contribution is -1.90. The molecule has 0 fully saturated rings. The summed E-state index contributed by atoms with van der Waals surface area (Å²) in [5.74, 6) is 0.802. The average Bonchev–Trinajstić information content (AvgIpc) is 1.91. The summed E-state index contributed by atoms with van der Waals surface area (Å²) in [6.07, 6.45) is 4.30. The van der Waals surface area contributed by atoms with Crippen LogP contribution < -0.4 is 4.74 Å². The highest BCUT2D eigenvalue weighted by atomic mass is 16.5. The summed E-state index contributed by atoms with van der Waals surface area (Å²) in [6.45, 7) is 2.63. The molecule has 0 atom stereocenters. The summed E-state index contributed by atoms with van der Waals surface area (Å²) in [7, 11) is 0. The van der Waals surface area contributed by atoms with Gasteiger partial charge in [-0.2, -0.15) is 0 Å². The number of rotatable bonds is 2. The van der Waals surface area contributed by atoms with Gasteiger partial charge in [-0.05, 0) is 19.1 Å². The van der Waals surface area contributed by atoms with Crippen LogP contribution in [0.15, 0.2) is 18.3 Å². The molecule has 1 rings (SSSR count). The second kappa shape index (κ2) is 3.07. The van der Waals surface area contributed by atoms with Crippen LogP contribution in [0.3, 0.4) is 0 Å². The van der Waals surface area contributed by atoms with Gasteiger partial charge < -0.3 is 4.74 Å². The molecule has 0 saturated heterocycles. The molecule has 1 heterocycles. The third kappa shape index (κ3) is 1.72. The van der Waals surface area contributed by atoms with E-state index < -0.39 is 0 Å². The Morgan fingerprint density at radius 1 is 1.78 bits per heavy atom. The van der Waals surface area contributed by atoms with Crippen LogP contribution in [0.4, 0.5) is 0 Å². The van der Waals surface area contributed by atoms with Gasteiger partial charge in [0.2, 0.25) is 0 Å². The maximum absolute atomic E-state index is 5.12. The fraction of sp³-hybridized carbons (Fsp3) is 0.286. The second-order valence-electron chi connectivity index (χ2n) is 1.56. The van der Waals surface area contributed by atoms with Crippen molar-refractivity contribution in [2.45, 2.75) is 6.92 Å². The number of hydrogen-bond acceptors (Lipinski definition) is 2. The third-order valence-corrected chi connectivity index (χ3v) is 0.899. The van der Waals surface area contributed by atoms with Gasteiger partial charge in [-0.15, -0.1) is 0 Å². The van der Waals surface area contributed by atoms with Gasteiger partial charge in [-0.25, -0.2) is 0 Å². The van der Waals surface area contributed by atoms with Crippen molar-refractivity contribution in [3.8, 4) is 5.75 Å². The Morgan fingerprint density at radius 3 is 3.22 bits per heavy atom. The first-order valence-electron chi connectivity index (χ1n) is 2.88. The number of ether oxygens (including phenoxy) is 1. The zero-order valence-corrected chi connectivity index (χ0v) is 5.29. The van der Waals surface area contributed by atoms with Crippen LogP contribution in [0, 0.1) is 6.20 Å². The Kier molecular flexibility index (Phi) is 2.07. The zero-order chi connectivity index (χ0) is 6.53. The molecule has 0 unspecified atom stereocenters. The molecule has 2 nitrogen and oxygen atoms in total. The highest BCUT2D eigenvalue weighted by Gasteiger charge is 1.85. The maximum atomic E-state index is 5.12. The zero-order valence-electron chi connectivity index (χ0n) is 5.29. The molecular formula is C7H8NO. The Bertz CT molecular complexity index is 162. The molecule has 0 aliphatic rings. The summed E-state index contributed by atoms with van der Waals surface area (Å²) < 4.78 is 5.12. The monoisotopic (exact) mass is 122 g/mol. The first-order valence-corrected chi connectivity index (χ1v) is 2.88. The lowest BCUT2D eigenvalue weighted by atomic mass is 10.5. The van der Waals surface area contributed by atoms with Gasteiger partial charge in [-0.3, -0.25) is 4.98 Å². The lowest BCUT2D eigenvalue weighted by Gasteiger charge is -1.98. The van der Waals surface area contributed by atoms with Crippen LogP contribution in [0.1, 0.15) is 6.92 Å². The number of nitrogens with zero attached hydrogens (tertiary/aromatic N) is 1. The van der Waals surface area contributed by atoms with Crippen molar-refractivity contribution in [1.29, 1.82) is 0 Å². The summed E-state index contributed by atoms with van der Waals surface area (Å²) >= 11 is 0. The van der Waals surface area contributed by atoms with Crippen molar-refractivity contribution in [2.75, 3.05) is 6.61 Å². The van der Waals surface area contributed by atoms with Gasteiger partial charge in [-0.1, -0.05) is 0 Å². The Morgan fingerprint density at radius 2 is 2.67 bits per heavy atom. The Hall–Kier alpha value is -1.05. The molecule has 0 aromatic carbocycles. The van der Waals surface area contributed by atoms with Gasteiger partial charge in [0, 0.05) is 0 Å². The van der Waals surface area contributed by atoms with Gasteiger partial charge in [0.25, 0.3) is 0 Å². The minimum absolute atomic E-state index is 0.686. The summed E-state index contributed by atoms with van der Waals surface area (Å²) in [4.78, 5) is 3.75. The van der Waals surface area contributed by atoms with Gasteiger partial charge in [0.1, 0.15) is 5.75 Å². The fourth-order valence-corrected chi connectivity index (χ4v) is 0.558. The number of aromatic nitrogens is 1. The van der Waals surface area contributed by atoms with Crippen LogP contribution in [0.25, 0.3) is 0 Å². The van der Waals surface area contributed by atoms with Crippen molar-refractivity contribution in [2.24, 2.45) is 0 Å². The van der Waals surface area contributed by atoms with Gasteiger partial charge in [0.15, 0.2) is 0 Å². The van der Waals surface area contributed by atoms with E-state index >= 15 is 0 Å². The topological polar surface area (TPSA) is 22.1 Å². The minimum Gasteiger partial charge on any atom is -0.492 e. The van der Waals surface area contributed by atoms with E-state index in [4.69, 9.17) is 4.74 Å². The molecule has 2 heteroatoms. The van der Waals surface area contributed by atoms with E-state index in [0.717, 1.165) is 5.75 Å². The van der Waals surface area contributed by atoms with Crippen molar-refractivity contribution in [3.63, 3.8) is 0 Å². The summed E-state index contributed by atoms with van der Waals surface area (Å²) in [5, 5.41) is 0. The third-order valence-electron chi connectivity index (χ3n) is 0.899. The number of hydrogen-bond donors (Lipinski definition) is 0. The molecule has 9 heavy (non-hydrogen) atoms. The van der Waals surface area contributed by atoms with E-state index in [9.17, 15) is 0 Å². The van der Waals surface area contributed by atoms with Gasteiger partial charge >= 0.3 is 0 Å². The quantitative estimate of drug-likeness (QED) is 0.589. The Balaban J connectivity index is 2.61. The maximum Gasteiger partial charge on any atom is 0.137 e. The first kappa shape index (κ1) is 6.08. The average molecular weight is 122 g/mol. The lowest BCUT2D eigenvalue weighted by molar-refractivity contribution is 0.339. The SMILES string of the molecule is CCOc1cc[c]nc1. The second-order valence-corrected chi connectivity index (χ2v) is 1.56. The molecule has 1 aromatic rings. The van der Waals surface area contributed by atoms with E-state index in [-0.39, 0.29) is 0 Å². The van der Waals surface area contributed by atoms with E-state index in [0.29, 0.717) is 6.61 Å². The molecular weight excluding hydrogens is 114 g/mol. The molecule has 0 amide bonds. The molecule has 0 aliphatic carbocycles. The van der Waals surface area contributed by atoms with Crippen molar-refractivity contribution in [3.05, 3.63) is 24.5 Å². The van der Waals surface area contributed by atoms with E-state index in [1.807, 2.05) is 13.0 Å². The summed E-state index contributed by atoms with van der Waals surface area (Å²) in [6, 6.07) is 3.56. The van der Waals surface area contributed by atoms with E-state index in [1.54, 1.807) is 12.3 Å². The number of pyridine rings is 1. The van der Waals surface area contributed by atoms with Crippen molar-refractivity contribution >= 4 is 0 Å². The van der Waals surface area contributed by atoms with E-state index in [2.05, 4.69) is 11.2 Å².